The largest absolute Gasteiger partial charge is 0.497 e. The summed E-state index contributed by atoms with van der Waals surface area (Å²) < 4.78 is 23.5. The molecule has 0 heterocycles. The zero-order valence-electron chi connectivity index (χ0n) is 36.0. The van der Waals surface area contributed by atoms with E-state index < -0.39 is 35.4 Å². The second kappa shape index (κ2) is 20.3. The van der Waals surface area contributed by atoms with Crippen LogP contribution in [0.4, 0.5) is 0 Å². The van der Waals surface area contributed by atoms with Gasteiger partial charge in [0.15, 0.2) is 6.61 Å². The highest BCUT2D eigenvalue weighted by molar-refractivity contribution is 5.86. The molecule has 0 radical (unpaired) electrons. The van der Waals surface area contributed by atoms with Crippen molar-refractivity contribution < 1.29 is 33.3 Å². The number of nitrogens with one attached hydrogen (secondary N) is 2. The molecule has 1 aliphatic rings. The van der Waals surface area contributed by atoms with E-state index in [1.807, 2.05) is 110 Å². The summed E-state index contributed by atoms with van der Waals surface area (Å²) in [5.74, 6) is -1.20. The van der Waals surface area contributed by atoms with Crippen molar-refractivity contribution in [1.29, 1.82) is 0 Å². The molecule has 4 N–H and O–H groups in total. The molecule has 11 heteroatoms. The van der Waals surface area contributed by atoms with Gasteiger partial charge in [-0.3, -0.25) is 15.0 Å². The van der Waals surface area contributed by atoms with E-state index in [2.05, 4.69) is 35.1 Å². The number of ether oxygens (including phenoxy) is 4. The first-order valence-electron chi connectivity index (χ1n) is 21.1. The van der Waals surface area contributed by atoms with Gasteiger partial charge in [-0.1, -0.05) is 141 Å². The highest BCUT2D eigenvalue weighted by Gasteiger charge is 2.49. The molecule has 0 bridgehead atoms. The average Bonchev–Trinajstić information content (AvgIpc) is 3.66. The second-order valence-corrected chi connectivity index (χ2v) is 15.6. The summed E-state index contributed by atoms with van der Waals surface area (Å²) in [6.45, 7) is 1.62. The van der Waals surface area contributed by atoms with Crippen LogP contribution in [0, 0.1) is 5.92 Å². The Bertz CT molecular complexity index is 2400. The fourth-order valence-electron chi connectivity index (χ4n) is 8.69. The summed E-state index contributed by atoms with van der Waals surface area (Å²) >= 11 is 0. The lowest BCUT2D eigenvalue weighted by atomic mass is 9.73. The minimum absolute atomic E-state index is 0.00826. The number of hydrogen-bond acceptors (Lipinski definition) is 9. The van der Waals surface area contributed by atoms with Gasteiger partial charge in [0, 0.05) is 24.6 Å². The second-order valence-electron chi connectivity index (χ2n) is 15.6. The van der Waals surface area contributed by atoms with Crippen molar-refractivity contribution in [3.05, 3.63) is 186 Å². The van der Waals surface area contributed by atoms with Gasteiger partial charge in [-0.05, 0) is 70.0 Å². The van der Waals surface area contributed by atoms with E-state index >= 15 is 9.59 Å². The van der Waals surface area contributed by atoms with Crippen LogP contribution in [0.5, 0.6) is 17.2 Å². The normalized spacial score (nSPS) is 13.7. The Balaban J connectivity index is 1.24. The highest BCUT2D eigenvalue weighted by atomic mass is 16.5. The molecular formula is C52H54N4O7. The van der Waals surface area contributed by atoms with Crippen molar-refractivity contribution >= 4 is 17.8 Å². The molecule has 0 aliphatic heterocycles. The predicted molar refractivity (Wildman–Crippen MR) is 243 cm³/mol. The van der Waals surface area contributed by atoms with Crippen LogP contribution in [0.3, 0.4) is 0 Å². The molecule has 2 amide bonds. The first-order chi connectivity index (χ1) is 30.7. The zero-order chi connectivity index (χ0) is 44.3. The quantitative estimate of drug-likeness (QED) is 0.0547. The molecule has 1 aliphatic carbocycles. The van der Waals surface area contributed by atoms with Crippen molar-refractivity contribution in [2.45, 2.75) is 43.3 Å². The molecule has 0 saturated heterocycles. The Kier molecular flexibility index (Phi) is 14.2. The number of para-hydroxylation sites is 1. The number of amides is 2. The maximum absolute atomic E-state index is 15.1. The maximum Gasteiger partial charge on any atom is 0.331 e. The lowest BCUT2D eigenvalue weighted by molar-refractivity contribution is -0.154. The summed E-state index contributed by atoms with van der Waals surface area (Å²) in [6, 6.07) is 48.2. The molecule has 0 fully saturated rings. The minimum atomic E-state index is -1.86. The average molecular weight is 847 g/mol. The molecule has 6 aromatic carbocycles. The number of nitrogens with two attached hydrogens (primary N) is 1. The van der Waals surface area contributed by atoms with Crippen LogP contribution in [-0.2, 0) is 24.7 Å². The van der Waals surface area contributed by atoms with Gasteiger partial charge in [-0.2, -0.15) is 0 Å². The molecule has 0 saturated carbocycles. The third kappa shape index (κ3) is 9.60. The molecule has 3 atom stereocenters. The molecule has 2 unspecified atom stereocenters. The van der Waals surface area contributed by atoms with Crippen molar-refractivity contribution in [3.63, 3.8) is 0 Å². The van der Waals surface area contributed by atoms with E-state index in [1.165, 1.54) is 7.11 Å². The summed E-state index contributed by atoms with van der Waals surface area (Å²) in [4.78, 5) is 45.2. The molecular weight excluding hydrogens is 793 g/mol. The summed E-state index contributed by atoms with van der Waals surface area (Å²) in [7, 11) is 4.78. The van der Waals surface area contributed by atoms with E-state index in [9.17, 15) is 4.79 Å². The first-order valence-corrected chi connectivity index (χ1v) is 21.1. The van der Waals surface area contributed by atoms with Crippen molar-refractivity contribution in [2.75, 3.05) is 34.5 Å². The van der Waals surface area contributed by atoms with Gasteiger partial charge in [0.05, 0.1) is 20.3 Å². The molecule has 63 heavy (non-hydrogen) atoms. The van der Waals surface area contributed by atoms with E-state index in [4.69, 9.17) is 24.7 Å². The van der Waals surface area contributed by atoms with E-state index in [-0.39, 0.29) is 31.5 Å². The van der Waals surface area contributed by atoms with E-state index in [1.54, 1.807) is 49.4 Å². The highest BCUT2D eigenvalue weighted by Crippen LogP contribution is 2.46. The van der Waals surface area contributed by atoms with Gasteiger partial charge >= 0.3 is 5.97 Å². The number of benzene rings is 6. The summed E-state index contributed by atoms with van der Waals surface area (Å²) in [5, 5.41) is 0. The van der Waals surface area contributed by atoms with Crippen LogP contribution >= 0.6 is 0 Å². The number of carbonyl (C=O) groups excluding carboxylic acids is 3. The van der Waals surface area contributed by atoms with Gasteiger partial charge in [-0.15, -0.1) is 0 Å². The number of carbonyl (C=O) groups is 3. The smallest absolute Gasteiger partial charge is 0.331 e. The van der Waals surface area contributed by atoms with Crippen LogP contribution < -0.4 is 30.8 Å². The number of esters is 1. The molecule has 11 nitrogen and oxygen atoms in total. The Morgan fingerprint density at radius 3 is 1.83 bits per heavy atom. The van der Waals surface area contributed by atoms with Gasteiger partial charge in [0.25, 0.3) is 5.91 Å². The van der Waals surface area contributed by atoms with Crippen LogP contribution in [0.15, 0.2) is 158 Å². The SMILES string of the molecule is CCC(C[C@H](NNC(=O)COc1ccccc1)C(=O)N(C)C(c1ccccc1)c1ccccc1)C(N)(C(=O)OCC1c2ccccc2-c2ccccc21)c1ccc(OC)cc1OC. The number of hydrogen-bond donors (Lipinski definition) is 3. The van der Waals surface area contributed by atoms with Crippen molar-refractivity contribution in [3.8, 4) is 28.4 Å². The Morgan fingerprint density at radius 2 is 1.27 bits per heavy atom. The van der Waals surface area contributed by atoms with Crippen LogP contribution in [0.1, 0.15) is 59.5 Å². The molecule has 6 aromatic rings. The standard InChI is InChI=1S/C52H54N4O7/c1-5-37(52(53,45-30-29-39(60-3)32-47(45)61-4)51(59)63-33-44-42-27-17-15-25-40(42)41-26-16-18-28-43(41)44)31-46(54-55-48(57)34-62-38-23-13-8-14-24-38)50(58)56(2)49(35-19-9-6-10-20-35)36-21-11-7-12-22-36/h6-30,32,37,44,46,49,54H,5,31,33-34,53H2,1-4H3,(H,55,57)/t37?,46-,52?/m0/s1. The fraction of sp³-hybridized carbons (Fsp3) is 0.250. The van der Waals surface area contributed by atoms with Gasteiger partial charge in [-0.25, -0.2) is 10.2 Å². The lowest BCUT2D eigenvalue weighted by Crippen LogP contribution is -2.58. The monoisotopic (exact) mass is 846 g/mol. The third-order valence-corrected chi connectivity index (χ3v) is 12.0. The lowest BCUT2D eigenvalue weighted by Gasteiger charge is -2.39. The Labute approximate surface area is 369 Å². The van der Waals surface area contributed by atoms with Gasteiger partial charge in [0.2, 0.25) is 5.91 Å². The topological polar surface area (TPSA) is 141 Å². The van der Waals surface area contributed by atoms with Gasteiger partial charge < -0.3 is 29.6 Å². The Morgan fingerprint density at radius 1 is 0.714 bits per heavy atom. The molecule has 0 aromatic heterocycles. The number of hydrazine groups is 1. The van der Waals surface area contributed by atoms with Crippen molar-refractivity contribution in [2.24, 2.45) is 11.7 Å². The number of methoxy groups -OCH3 is 2. The van der Waals surface area contributed by atoms with Gasteiger partial charge in [0.1, 0.15) is 35.4 Å². The van der Waals surface area contributed by atoms with E-state index in [0.717, 1.165) is 33.4 Å². The zero-order valence-corrected chi connectivity index (χ0v) is 36.0. The molecule has 7 rings (SSSR count). The molecule has 324 valence electrons. The maximum atomic E-state index is 15.1. The van der Waals surface area contributed by atoms with Crippen molar-refractivity contribution in [1.82, 2.24) is 15.8 Å². The summed E-state index contributed by atoms with van der Waals surface area (Å²) in [5.41, 5.74) is 17.9. The minimum Gasteiger partial charge on any atom is -0.497 e. The van der Waals surface area contributed by atoms with Crippen LogP contribution in [-0.4, -0.2) is 63.2 Å². The summed E-state index contributed by atoms with van der Waals surface area (Å²) in [6.07, 6.45) is 0.322. The van der Waals surface area contributed by atoms with Crippen LogP contribution in [0.25, 0.3) is 11.1 Å². The third-order valence-electron chi connectivity index (χ3n) is 12.0. The first kappa shape index (κ1) is 44.1. The molecule has 0 spiro atoms. The van der Waals surface area contributed by atoms with Crippen LogP contribution in [0.2, 0.25) is 0 Å². The number of nitrogens with zero attached hydrogens (tertiary/aromatic N) is 1. The number of rotatable bonds is 19. The van der Waals surface area contributed by atoms with E-state index in [0.29, 0.717) is 29.2 Å². The Hall–Kier alpha value is -6.95. The number of fused-ring (bicyclic) bond motifs is 3. The predicted octanol–water partition coefficient (Wildman–Crippen LogP) is 7.95. The number of likely N-dealkylation sites (N-methyl/N-ethyl adjacent to an activating group) is 1. The fourth-order valence-corrected chi connectivity index (χ4v) is 8.69.